The van der Waals surface area contributed by atoms with Crippen molar-refractivity contribution in [2.24, 2.45) is 0 Å². The molecule has 0 aromatic carbocycles. The lowest BCUT2D eigenvalue weighted by molar-refractivity contribution is 0.00578. The quantitative estimate of drug-likeness (QED) is 0.797. The Morgan fingerprint density at radius 2 is 1.77 bits per heavy atom. The van der Waals surface area contributed by atoms with E-state index in [0.717, 1.165) is 10.8 Å². The number of hydrogen-bond donors (Lipinski definition) is 2. The van der Waals surface area contributed by atoms with Gasteiger partial charge in [-0.3, -0.25) is 0 Å². The zero-order valence-corrected chi connectivity index (χ0v) is 13.5. The first-order chi connectivity index (χ1) is 10.2. The van der Waals surface area contributed by atoms with E-state index in [1.54, 1.807) is 13.2 Å². The van der Waals surface area contributed by atoms with Gasteiger partial charge < -0.3 is 20.4 Å². The predicted molar refractivity (Wildman–Crippen MR) is 87.0 cm³/mol. The van der Waals surface area contributed by atoms with Crippen LogP contribution in [0.3, 0.4) is 0 Å². The molecule has 0 radical (unpaired) electrons. The number of pyridine rings is 1. The lowest BCUT2D eigenvalue weighted by Crippen LogP contribution is -2.41. The molecule has 0 aliphatic carbocycles. The fourth-order valence-corrected chi connectivity index (χ4v) is 2.34. The Hall–Kier alpha value is -1.93. The van der Waals surface area contributed by atoms with Crippen molar-refractivity contribution in [2.75, 3.05) is 18.1 Å². The Morgan fingerprint density at radius 1 is 1.14 bits per heavy atom. The van der Waals surface area contributed by atoms with Crippen molar-refractivity contribution in [1.29, 1.82) is 0 Å². The van der Waals surface area contributed by atoms with Gasteiger partial charge in [-0.15, -0.1) is 0 Å². The molecule has 0 bridgehead atoms. The van der Waals surface area contributed by atoms with Crippen LogP contribution in [0.4, 0.5) is 11.8 Å². The van der Waals surface area contributed by atoms with Crippen LogP contribution in [-0.2, 0) is 9.31 Å². The molecule has 0 saturated carbocycles. The van der Waals surface area contributed by atoms with Crippen LogP contribution in [0.15, 0.2) is 12.3 Å². The summed E-state index contributed by atoms with van der Waals surface area (Å²) in [6.07, 6.45) is 1.65. The second kappa shape index (κ2) is 4.79. The van der Waals surface area contributed by atoms with Gasteiger partial charge in [0.25, 0.3) is 0 Å². The average molecular weight is 301 g/mol. The molecular formula is C14H20BN5O2. The molecule has 0 spiro atoms. The lowest BCUT2D eigenvalue weighted by atomic mass is 9.79. The summed E-state index contributed by atoms with van der Waals surface area (Å²) in [5.41, 5.74) is 6.16. The number of aromatic nitrogens is 3. The van der Waals surface area contributed by atoms with Crippen LogP contribution < -0.4 is 16.5 Å². The highest BCUT2D eigenvalue weighted by Gasteiger charge is 2.52. The van der Waals surface area contributed by atoms with E-state index in [1.807, 2.05) is 33.8 Å². The molecule has 1 aliphatic heterocycles. The monoisotopic (exact) mass is 301 g/mol. The summed E-state index contributed by atoms with van der Waals surface area (Å²) >= 11 is 0. The van der Waals surface area contributed by atoms with E-state index in [1.165, 1.54) is 0 Å². The second-order valence-electron chi connectivity index (χ2n) is 6.41. The van der Waals surface area contributed by atoms with E-state index < -0.39 is 18.3 Å². The number of nitrogens with two attached hydrogens (primary N) is 1. The number of hydrogen-bond acceptors (Lipinski definition) is 7. The summed E-state index contributed by atoms with van der Waals surface area (Å²) in [5, 5.41) is 3.86. The van der Waals surface area contributed by atoms with Crippen LogP contribution in [0, 0.1) is 0 Å². The van der Waals surface area contributed by atoms with Gasteiger partial charge >= 0.3 is 7.12 Å². The molecule has 2 aromatic rings. The van der Waals surface area contributed by atoms with Gasteiger partial charge in [-0.25, -0.2) is 9.97 Å². The first kappa shape index (κ1) is 15.0. The van der Waals surface area contributed by atoms with E-state index >= 15 is 0 Å². The zero-order chi connectivity index (χ0) is 16.1. The van der Waals surface area contributed by atoms with Gasteiger partial charge in [0.2, 0.25) is 5.95 Å². The maximum Gasteiger partial charge on any atom is 0.498 e. The van der Waals surface area contributed by atoms with Crippen LogP contribution in [0.1, 0.15) is 27.7 Å². The van der Waals surface area contributed by atoms with Crippen LogP contribution in [0.2, 0.25) is 0 Å². The van der Waals surface area contributed by atoms with Gasteiger partial charge in [-0.2, -0.15) is 4.98 Å². The van der Waals surface area contributed by atoms with E-state index in [-0.39, 0.29) is 5.95 Å². The number of nitrogens with one attached hydrogen (secondary N) is 1. The second-order valence-corrected chi connectivity index (χ2v) is 6.41. The molecule has 1 aliphatic rings. The Morgan fingerprint density at radius 3 is 2.36 bits per heavy atom. The van der Waals surface area contributed by atoms with E-state index in [0.29, 0.717) is 11.5 Å². The minimum Gasteiger partial charge on any atom is -0.399 e. The third-order valence-corrected chi connectivity index (χ3v) is 4.36. The van der Waals surface area contributed by atoms with Crippen molar-refractivity contribution in [3.63, 3.8) is 0 Å². The largest absolute Gasteiger partial charge is 0.498 e. The summed E-state index contributed by atoms with van der Waals surface area (Å²) in [5.74, 6) is 0.856. The molecule has 3 N–H and O–H groups in total. The minimum atomic E-state index is -0.498. The van der Waals surface area contributed by atoms with E-state index in [2.05, 4.69) is 20.3 Å². The predicted octanol–water partition coefficient (Wildman–Crippen LogP) is 0.948. The standard InChI is InChI=1S/C14H20BN5O2/c1-13(2)14(3,4)22-15(21-13)9-6-8-7-18-12(16)20-10(8)19-11(9)17-5/h6-7H,1-5H3,(H3,16,17,18,19,20). The van der Waals surface area contributed by atoms with Crippen molar-refractivity contribution < 1.29 is 9.31 Å². The van der Waals surface area contributed by atoms with Gasteiger partial charge in [0.1, 0.15) is 5.82 Å². The maximum absolute atomic E-state index is 6.10. The minimum absolute atomic E-state index is 0.199. The summed E-state index contributed by atoms with van der Waals surface area (Å²) < 4.78 is 12.2. The van der Waals surface area contributed by atoms with Crippen molar-refractivity contribution in [3.05, 3.63) is 12.3 Å². The fraction of sp³-hybridized carbons (Fsp3) is 0.500. The van der Waals surface area contributed by atoms with Crippen LogP contribution >= 0.6 is 0 Å². The lowest BCUT2D eigenvalue weighted by Gasteiger charge is -2.32. The summed E-state index contributed by atoms with van der Waals surface area (Å²) in [4.78, 5) is 12.6. The highest BCUT2D eigenvalue weighted by Crippen LogP contribution is 2.37. The molecule has 0 unspecified atom stereocenters. The fourth-order valence-electron chi connectivity index (χ4n) is 2.34. The number of rotatable bonds is 2. The molecule has 22 heavy (non-hydrogen) atoms. The van der Waals surface area contributed by atoms with E-state index in [4.69, 9.17) is 15.0 Å². The number of fused-ring (bicyclic) bond motifs is 1. The number of nitrogens with zero attached hydrogens (tertiary/aromatic N) is 3. The van der Waals surface area contributed by atoms with E-state index in [9.17, 15) is 0 Å². The van der Waals surface area contributed by atoms with Crippen molar-refractivity contribution >= 4 is 35.4 Å². The van der Waals surface area contributed by atoms with Crippen molar-refractivity contribution in [1.82, 2.24) is 15.0 Å². The molecule has 3 heterocycles. The highest BCUT2D eigenvalue weighted by atomic mass is 16.7. The molecule has 2 aromatic heterocycles. The smallest absolute Gasteiger partial charge is 0.399 e. The Balaban J connectivity index is 2.09. The maximum atomic E-state index is 6.10. The normalized spacial score (nSPS) is 19.6. The molecule has 0 amide bonds. The summed E-state index contributed by atoms with van der Waals surface area (Å²) in [7, 11) is 1.30. The summed E-state index contributed by atoms with van der Waals surface area (Å²) in [6, 6.07) is 1.93. The zero-order valence-electron chi connectivity index (χ0n) is 13.5. The molecule has 0 atom stereocenters. The molecular weight excluding hydrogens is 281 g/mol. The van der Waals surface area contributed by atoms with Gasteiger partial charge in [0.15, 0.2) is 5.65 Å². The topological polar surface area (TPSA) is 95.2 Å². The van der Waals surface area contributed by atoms with Gasteiger partial charge in [-0.1, -0.05) is 0 Å². The first-order valence-electron chi connectivity index (χ1n) is 7.20. The number of anilines is 2. The molecule has 8 heteroatoms. The Bertz CT molecular complexity index is 718. The van der Waals surface area contributed by atoms with Crippen molar-refractivity contribution in [3.8, 4) is 0 Å². The average Bonchev–Trinajstić information content (AvgIpc) is 2.65. The third kappa shape index (κ3) is 2.28. The third-order valence-electron chi connectivity index (χ3n) is 4.36. The SMILES string of the molecule is CNc1nc2nc(N)ncc2cc1B1OC(C)(C)C(C)(C)O1. The molecule has 1 saturated heterocycles. The van der Waals surface area contributed by atoms with Crippen LogP contribution in [0.5, 0.6) is 0 Å². The number of nitrogen functional groups attached to an aromatic ring is 1. The van der Waals surface area contributed by atoms with Crippen LogP contribution in [0.25, 0.3) is 11.0 Å². The van der Waals surface area contributed by atoms with Gasteiger partial charge in [0.05, 0.1) is 11.2 Å². The molecule has 116 valence electrons. The van der Waals surface area contributed by atoms with Gasteiger partial charge in [-0.05, 0) is 33.8 Å². The molecule has 1 fully saturated rings. The Kier molecular flexibility index (Phi) is 3.26. The highest BCUT2D eigenvalue weighted by molar-refractivity contribution is 6.64. The van der Waals surface area contributed by atoms with Crippen molar-refractivity contribution in [2.45, 2.75) is 38.9 Å². The first-order valence-corrected chi connectivity index (χ1v) is 7.20. The molecule has 3 rings (SSSR count). The molecule has 7 nitrogen and oxygen atoms in total. The Labute approximate surface area is 129 Å². The van der Waals surface area contributed by atoms with Gasteiger partial charge in [0, 0.05) is 24.1 Å². The summed E-state index contributed by atoms with van der Waals surface area (Å²) in [6.45, 7) is 8.07. The van der Waals surface area contributed by atoms with Crippen LogP contribution in [-0.4, -0.2) is 40.3 Å².